The Labute approximate surface area is 112 Å². The van der Waals surface area contributed by atoms with Crippen molar-refractivity contribution in [3.63, 3.8) is 0 Å². The van der Waals surface area contributed by atoms with Gasteiger partial charge in [-0.15, -0.1) is 4.33 Å². The second kappa shape index (κ2) is 5.33. The molecule has 0 unspecified atom stereocenters. The topological polar surface area (TPSA) is 113 Å². The minimum absolute atomic E-state index is 0.277. The molecule has 0 amide bonds. The van der Waals surface area contributed by atoms with Gasteiger partial charge in [0.25, 0.3) is 10.1 Å². The number of aromatic hydroxyl groups is 1. The third-order valence-corrected chi connectivity index (χ3v) is 3.74. The van der Waals surface area contributed by atoms with E-state index in [1.807, 2.05) is 0 Å². The predicted molar refractivity (Wildman–Crippen MR) is 66.1 cm³/mol. The number of benzene rings is 2. The minimum atomic E-state index is -4.41. The van der Waals surface area contributed by atoms with Crippen LogP contribution in [0, 0.1) is 0 Å². The number of phenols is 1. The van der Waals surface area contributed by atoms with Gasteiger partial charge in [-0.3, -0.25) is 4.55 Å². The Kier molecular flexibility index (Phi) is 3.94. The summed E-state index contributed by atoms with van der Waals surface area (Å²) in [5.74, 6) is -0.277. The lowest BCUT2D eigenvalue weighted by molar-refractivity contribution is -0.432. The quantitative estimate of drug-likeness (QED) is 0.341. The average molecular weight is 304 g/mol. The third kappa shape index (κ3) is 3.15. The molecule has 0 aliphatic carbocycles. The van der Waals surface area contributed by atoms with Gasteiger partial charge in [-0.2, -0.15) is 8.42 Å². The van der Waals surface area contributed by atoms with E-state index in [-0.39, 0.29) is 5.75 Å². The fraction of sp³-hybridized carbons (Fsp3) is 0. The molecular formula is C10H8O7S2. The van der Waals surface area contributed by atoms with E-state index in [0.717, 1.165) is 6.07 Å². The summed E-state index contributed by atoms with van der Waals surface area (Å²) in [5, 5.41) is 22.0. The van der Waals surface area contributed by atoms with Gasteiger partial charge >= 0.3 is 0 Å². The molecule has 7 nitrogen and oxygen atoms in total. The van der Waals surface area contributed by atoms with Crippen molar-refractivity contribution in [2.45, 2.75) is 9.79 Å². The summed E-state index contributed by atoms with van der Waals surface area (Å²) in [5.41, 5.74) is 0. The van der Waals surface area contributed by atoms with Crippen molar-refractivity contribution >= 4 is 32.9 Å². The molecule has 0 aliphatic rings. The molecule has 0 aromatic heterocycles. The molecule has 0 aliphatic heterocycles. The molecular weight excluding hydrogens is 296 g/mol. The van der Waals surface area contributed by atoms with Gasteiger partial charge in [0.05, 0.1) is 16.9 Å². The van der Waals surface area contributed by atoms with E-state index in [4.69, 9.17) is 9.81 Å². The van der Waals surface area contributed by atoms with Crippen LogP contribution in [0.15, 0.2) is 40.1 Å². The van der Waals surface area contributed by atoms with Gasteiger partial charge in [0.1, 0.15) is 5.75 Å². The summed E-state index contributed by atoms with van der Waals surface area (Å²) >= 11 is 0.689. The number of hydrogen-bond donors (Lipinski definition) is 3. The van der Waals surface area contributed by atoms with Crippen LogP contribution in [-0.2, 0) is 19.5 Å². The summed E-state index contributed by atoms with van der Waals surface area (Å²) in [6.07, 6.45) is 0. The van der Waals surface area contributed by atoms with Crippen molar-refractivity contribution in [3.8, 4) is 5.75 Å². The molecule has 0 heterocycles. The lowest BCUT2D eigenvalue weighted by Gasteiger charge is -2.06. The van der Waals surface area contributed by atoms with Crippen molar-refractivity contribution in [2.24, 2.45) is 0 Å². The Bertz CT molecular complexity index is 711. The summed E-state index contributed by atoms with van der Waals surface area (Å²) in [4.78, 5) is 0.0763. The maximum atomic E-state index is 11.0. The summed E-state index contributed by atoms with van der Waals surface area (Å²) in [6.45, 7) is 0. The minimum Gasteiger partial charge on any atom is -0.507 e. The van der Waals surface area contributed by atoms with E-state index in [1.54, 1.807) is 6.07 Å². The van der Waals surface area contributed by atoms with E-state index in [0.29, 0.717) is 27.7 Å². The lowest BCUT2D eigenvalue weighted by Crippen LogP contribution is -1.97. The van der Waals surface area contributed by atoms with E-state index < -0.39 is 15.0 Å². The molecule has 2 aromatic rings. The Balaban J connectivity index is 2.57. The Hall–Kier alpha value is -1.36. The molecule has 3 N–H and O–H groups in total. The van der Waals surface area contributed by atoms with Crippen molar-refractivity contribution < 1.29 is 32.7 Å². The van der Waals surface area contributed by atoms with Crippen LogP contribution >= 0.6 is 12.0 Å². The molecule has 0 atom stereocenters. The summed E-state index contributed by atoms with van der Waals surface area (Å²) < 4.78 is 35.3. The maximum Gasteiger partial charge on any atom is 0.294 e. The average Bonchev–Trinajstić information content (AvgIpc) is 2.34. The Morgan fingerprint density at radius 3 is 2.53 bits per heavy atom. The molecule has 102 valence electrons. The van der Waals surface area contributed by atoms with Crippen LogP contribution in [0.4, 0.5) is 0 Å². The molecule has 0 saturated carbocycles. The van der Waals surface area contributed by atoms with Crippen LogP contribution < -0.4 is 0 Å². The van der Waals surface area contributed by atoms with Crippen LogP contribution in [0.1, 0.15) is 0 Å². The molecule has 19 heavy (non-hydrogen) atoms. The first-order chi connectivity index (χ1) is 8.91. The predicted octanol–water partition coefficient (Wildman–Crippen LogP) is 2.22. The number of rotatable bonds is 4. The van der Waals surface area contributed by atoms with Crippen LogP contribution in [0.5, 0.6) is 5.75 Å². The molecule has 2 aromatic carbocycles. The smallest absolute Gasteiger partial charge is 0.294 e. The molecule has 0 fully saturated rings. The van der Waals surface area contributed by atoms with Crippen LogP contribution in [0.2, 0.25) is 0 Å². The normalized spacial score (nSPS) is 11.9. The Morgan fingerprint density at radius 1 is 1.16 bits per heavy atom. The molecule has 0 saturated heterocycles. The summed E-state index contributed by atoms with van der Waals surface area (Å²) in [6, 6.07) is 6.75. The Morgan fingerprint density at radius 2 is 1.89 bits per heavy atom. The molecule has 0 radical (unpaired) electrons. The van der Waals surface area contributed by atoms with Crippen molar-refractivity contribution in [1.82, 2.24) is 0 Å². The first kappa shape index (κ1) is 14.1. The molecule has 0 bridgehead atoms. The zero-order valence-electron chi connectivity index (χ0n) is 9.18. The van der Waals surface area contributed by atoms with Crippen molar-refractivity contribution in [3.05, 3.63) is 30.3 Å². The van der Waals surface area contributed by atoms with Crippen LogP contribution in [0.25, 0.3) is 10.8 Å². The van der Waals surface area contributed by atoms with Gasteiger partial charge in [0, 0.05) is 16.3 Å². The fourth-order valence-electron chi connectivity index (χ4n) is 1.56. The standard InChI is InChI=1S/C10H8O7S2/c11-10-5-8(19(13,14)15)4-6-3-7(18-17-16-12)1-2-9(6)10/h1-5,11-12H,(H,13,14,15). The second-order valence-corrected chi connectivity index (χ2v) is 5.72. The van der Waals surface area contributed by atoms with Crippen molar-refractivity contribution in [2.75, 3.05) is 0 Å². The number of phenolic OH excluding ortho intramolecular Hbond substituents is 1. The van der Waals surface area contributed by atoms with E-state index >= 15 is 0 Å². The number of fused-ring (bicyclic) bond motifs is 1. The molecule has 9 heteroatoms. The van der Waals surface area contributed by atoms with E-state index in [2.05, 4.69) is 9.37 Å². The highest BCUT2D eigenvalue weighted by molar-refractivity contribution is 7.94. The first-order valence-corrected chi connectivity index (χ1v) is 6.99. The zero-order chi connectivity index (χ0) is 14.0. The SMILES string of the molecule is O=S(=O)(O)c1cc(O)c2ccc(SOOO)cc2c1. The van der Waals surface area contributed by atoms with Gasteiger partial charge in [0.2, 0.25) is 0 Å². The van der Waals surface area contributed by atoms with Crippen molar-refractivity contribution in [1.29, 1.82) is 0 Å². The van der Waals surface area contributed by atoms with Gasteiger partial charge in [-0.25, -0.2) is 5.26 Å². The maximum absolute atomic E-state index is 11.0. The fourth-order valence-corrected chi connectivity index (χ4v) is 2.50. The van der Waals surface area contributed by atoms with Gasteiger partial charge < -0.3 is 5.11 Å². The second-order valence-electron chi connectivity index (χ2n) is 3.53. The third-order valence-electron chi connectivity index (χ3n) is 2.33. The van der Waals surface area contributed by atoms with Gasteiger partial charge in [-0.05, 0) is 29.7 Å². The monoisotopic (exact) mass is 304 g/mol. The highest BCUT2D eigenvalue weighted by Gasteiger charge is 2.13. The largest absolute Gasteiger partial charge is 0.507 e. The highest BCUT2D eigenvalue weighted by Crippen LogP contribution is 2.32. The van der Waals surface area contributed by atoms with Gasteiger partial charge in [-0.1, -0.05) is 5.04 Å². The van der Waals surface area contributed by atoms with E-state index in [1.165, 1.54) is 18.2 Å². The first-order valence-electron chi connectivity index (χ1n) is 4.81. The van der Waals surface area contributed by atoms with E-state index in [9.17, 15) is 13.5 Å². The van der Waals surface area contributed by atoms with Crippen LogP contribution in [0.3, 0.4) is 0 Å². The molecule has 0 spiro atoms. The highest BCUT2D eigenvalue weighted by atomic mass is 32.2. The van der Waals surface area contributed by atoms with Crippen LogP contribution in [-0.4, -0.2) is 23.3 Å². The summed E-state index contributed by atoms with van der Waals surface area (Å²) in [7, 11) is -4.41. The lowest BCUT2D eigenvalue weighted by atomic mass is 10.1. The zero-order valence-corrected chi connectivity index (χ0v) is 10.8. The molecule has 2 rings (SSSR count). The number of hydrogen-bond acceptors (Lipinski definition) is 7. The van der Waals surface area contributed by atoms with Gasteiger partial charge in [0.15, 0.2) is 0 Å².